The molecule has 0 bridgehead atoms. The fourth-order valence-electron chi connectivity index (χ4n) is 3.26. The van der Waals surface area contributed by atoms with E-state index in [2.05, 4.69) is 35.6 Å². The first-order chi connectivity index (χ1) is 10.2. The van der Waals surface area contributed by atoms with E-state index >= 15 is 0 Å². The lowest BCUT2D eigenvalue weighted by atomic mass is 9.97. The maximum atomic E-state index is 6.08. The van der Waals surface area contributed by atoms with Gasteiger partial charge in [-0.05, 0) is 73.5 Å². The lowest BCUT2D eigenvalue weighted by molar-refractivity contribution is 0.556. The average Bonchev–Trinajstić information content (AvgIpc) is 2.94. The predicted molar refractivity (Wildman–Crippen MR) is 90.2 cm³/mol. The molecule has 2 aromatic rings. The van der Waals surface area contributed by atoms with Crippen LogP contribution in [0.4, 0.5) is 0 Å². The van der Waals surface area contributed by atoms with Crippen molar-refractivity contribution in [3.8, 4) is 0 Å². The smallest absolute Gasteiger partial charge is 0.0408 e. The monoisotopic (exact) mass is 299 g/mol. The van der Waals surface area contributed by atoms with Gasteiger partial charge in [0.25, 0.3) is 0 Å². The minimum absolute atomic E-state index is 0.447. The molecule has 1 aliphatic rings. The Balaban J connectivity index is 1.69. The summed E-state index contributed by atoms with van der Waals surface area (Å²) in [5, 5.41) is 4.26. The summed E-state index contributed by atoms with van der Waals surface area (Å²) in [5.74, 6) is 0. The molecule has 2 heteroatoms. The molecular formula is C19H22ClN. The maximum absolute atomic E-state index is 6.08. The van der Waals surface area contributed by atoms with E-state index in [1.165, 1.54) is 30.4 Å². The zero-order valence-corrected chi connectivity index (χ0v) is 13.3. The molecule has 1 N–H and O–H groups in total. The quantitative estimate of drug-likeness (QED) is 0.872. The van der Waals surface area contributed by atoms with E-state index in [-0.39, 0.29) is 0 Å². The van der Waals surface area contributed by atoms with E-state index in [0.717, 1.165) is 17.9 Å². The standard InChI is InChI=1S/C19H22ClN/c1-21-19(12-14-4-2-7-18(20)11-14)13-15-8-9-16-5-3-6-17(16)10-15/h2,4,7-11,19,21H,3,5-6,12-13H2,1H3. The Kier molecular flexibility index (Phi) is 4.62. The highest BCUT2D eigenvalue weighted by molar-refractivity contribution is 6.30. The average molecular weight is 300 g/mol. The zero-order chi connectivity index (χ0) is 14.7. The third-order valence-electron chi connectivity index (χ3n) is 4.42. The van der Waals surface area contributed by atoms with E-state index < -0.39 is 0 Å². The molecule has 3 rings (SSSR count). The number of likely N-dealkylation sites (N-methyl/N-ethyl adjacent to an activating group) is 1. The summed E-state index contributed by atoms with van der Waals surface area (Å²) in [7, 11) is 2.04. The minimum Gasteiger partial charge on any atom is -0.316 e. The van der Waals surface area contributed by atoms with Gasteiger partial charge in [0.2, 0.25) is 0 Å². The number of nitrogens with one attached hydrogen (secondary N) is 1. The number of fused-ring (bicyclic) bond motifs is 1. The molecule has 0 spiro atoms. The van der Waals surface area contributed by atoms with Crippen molar-refractivity contribution in [2.75, 3.05) is 7.05 Å². The molecule has 1 unspecified atom stereocenters. The van der Waals surface area contributed by atoms with Crippen molar-refractivity contribution in [3.63, 3.8) is 0 Å². The molecule has 0 aromatic heterocycles. The summed E-state index contributed by atoms with van der Waals surface area (Å²) in [6, 6.07) is 15.6. The van der Waals surface area contributed by atoms with Crippen molar-refractivity contribution in [2.45, 2.75) is 38.1 Å². The Hall–Kier alpha value is -1.31. The minimum atomic E-state index is 0.447. The second-order valence-corrected chi connectivity index (χ2v) is 6.42. The van der Waals surface area contributed by atoms with E-state index in [0.29, 0.717) is 6.04 Å². The number of hydrogen-bond donors (Lipinski definition) is 1. The van der Waals surface area contributed by atoms with Gasteiger partial charge in [-0.2, -0.15) is 0 Å². The molecule has 0 fully saturated rings. The van der Waals surface area contributed by atoms with Crippen molar-refractivity contribution in [1.29, 1.82) is 0 Å². The summed E-state index contributed by atoms with van der Waals surface area (Å²) in [5.41, 5.74) is 5.85. The molecule has 21 heavy (non-hydrogen) atoms. The van der Waals surface area contributed by atoms with Crippen LogP contribution in [0.3, 0.4) is 0 Å². The third-order valence-corrected chi connectivity index (χ3v) is 4.66. The predicted octanol–water partition coefficient (Wildman–Crippen LogP) is 4.20. The van der Waals surface area contributed by atoms with Gasteiger partial charge in [0.1, 0.15) is 0 Å². The lowest BCUT2D eigenvalue weighted by Crippen LogP contribution is -2.29. The number of benzene rings is 2. The van der Waals surface area contributed by atoms with Crippen LogP contribution in [0.1, 0.15) is 28.7 Å². The molecule has 0 amide bonds. The first-order valence-electron chi connectivity index (χ1n) is 7.77. The van der Waals surface area contributed by atoms with Gasteiger partial charge in [0.05, 0.1) is 0 Å². The van der Waals surface area contributed by atoms with Crippen molar-refractivity contribution in [1.82, 2.24) is 5.32 Å². The van der Waals surface area contributed by atoms with E-state index in [4.69, 9.17) is 11.6 Å². The first-order valence-corrected chi connectivity index (χ1v) is 8.15. The van der Waals surface area contributed by atoms with Crippen molar-refractivity contribution < 1.29 is 0 Å². The van der Waals surface area contributed by atoms with E-state index in [9.17, 15) is 0 Å². The Morgan fingerprint density at radius 2 is 1.76 bits per heavy atom. The molecule has 0 saturated carbocycles. The summed E-state index contributed by atoms with van der Waals surface area (Å²) in [6.07, 6.45) is 5.90. The van der Waals surface area contributed by atoms with Crippen LogP contribution in [0.25, 0.3) is 0 Å². The highest BCUT2D eigenvalue weighted by Gasteiger charge is 2.13. The Morgan fingerprint density at radius 3 is 2.52 bits per heavy atom. The Labute approximate surface area is 132 Å². The number of hydrogen-bond acceptors (Lipinski definition) is 1. The molecule has 0 aliphatic heterocycles. The molecule has 0 radical (unpaired) electrons. The van der Waals surface area contributed by atoms with Crippen molar-refractivity contribution in [3.05, 3.63) is 69.7 Å². The fraction of sp³-hybridized carbons (Fsp3) is 0.368. The second kappa shape index (κ2) is 6.64. The Morgan fingerprint density at radius 1 is 1.00 bits per heavy atom. The summed E-state index contributed by atoms with van der Waals surface area (Å²) < 4.78 is 0. The van der Waals surface area contributed by atoms with Gasteiger partial charge in [-0.3, -0.25) is 0 Å². The fourth-order valence-corrected chi connectivity index (χ4v) is 3.47. The van der Waals surface area contributed by atoms with Gasteiger partial charge in [-0.25, -0.2) is 0 Å². The largest absolute Gasteiger partial charge is 0.316 e. The van der Waals surface area contributed by atoms with Crippen LogP contribution < -0.4 is 5.32 Å². The van der Waals surface area contributed by atoms with Gasteiger partial charge in [0.15, 0.2) is 0 Å². The lowest BCUT2D eigenvalue weighted by Gasteiger charge is -2.17. The molecule has 110 valence electrons. The highest BCUT2D eigenvalue weighted by Crippen LogP contribution is 2.23. The molecule has 0 saturated heterocycles. The number of aryl methyl sites for hydroxylation is 2. The molecule has 0 heterocycles. The molecule has 1 nitrogen and oxygen atoms in total. The normalized spacial score (nSPS) is 15.0. The first kappa shape index (κ1) is 14.6. The van der Waals surface area contributed by atoms with Crippen LogP contribution in [-0.4, -0.2) is 13.1 Å². The highest BCUT2D eigenvalue weighted by atomic mass is 35.5. The van der Waals surface area contributed by atoms with Crippen LogP contribution in [0, 0.1) is 0 Å². The zero-order valence-electron chi connectivity index (χ0n) is 12.5. The van der Waals surface area contributed by atoms with Crippen LogP contribution >= 0.6 is 11.6 Å². The molecular weight excluding hydrogens is 278 g/mol. The van der Waals surface area contributed by atoms with Crippen LogP contribution in [0.2, 0.25) is 5.02 Å². The van der Waals surface area contributed by atoms with Crippen LogP contribution in [0.5, 0.6) is 0 Å². The molecule has 1 aliphatic carbocycles. The topological polar surface area (TPSA) is 12.0 Å². The van der Waals surface area contributed by atoms with E-state index in [1.807, 2.05) is 19.2 Å². The maximum Gasteiger partial charge on any atom is 0.0408 e. The second-order valence-electron chi connectivity index (χ2n) is 5.98. The number of rotatable bonds is 5. The van der Waals surface area contributed by atoms with Gasteiger partial charge in [-0.1, -0.05) is 41.9 Å². The van der Waals surface area contributed by atoms with Gasteiger partial charge in [-0.15, -0.1) is 0 Å². The van der Waals surface area contributed by atoms with E-state index in [1.54, 1.807) is 11.1 Å². The summed E-state index contributed by atoms with van der Waals surface area (Å²) in [4.78, 5) is 0. The van der Waals surface area contributed by atoms with Crippen LogP contribution in [-0.2, 0) is 25.7 Å². The van der Waals surface area contributed by atoms with Gasteiger partial charge < -0.3 is 5.32 Å². The molecule has 1 atom stereocenters. The summed E-state index contributed by atoms with van der Waals surface area (Å²) >= 11 is 6.08. The van der Waals surface area contributed by atoms with Crippen LogP contribution in [0.15, 0.2) is 42.5 Å². The third kappa shape index (κ3) is 3.66. The van der Waals surface area contributed by atoms with Gasteiger partial charge >= 0.3 is 0 Å². The van der Waals surface area contributed by atoms with Gasteiger partial charge in [0, 0.05) is 11.1 Å². The number of halogens is 1. The SMILES string of the molecule is CNC(Cc1cccc(Cl)c1)Cc1ccc2c(c1)CCC2. The summed E-state index contributed by atoms with van der Waals surface area (Å²) in [6.45, 7) is 0. The Bertz CT molecular complexity index is 621. The molecule has 2 aromatic carbocycles. The van der Waals surface area contributed by atoms with Crippen molar-refractivity contribution >= 4 is 11.6 Å². The van der Waals surface area contributed by atoms with Crippen molar-refractivity contribution in [2.24, 2.45) is 0 Å².